The monoisotopic (exact) mass is 312 g/mol. The topological polar surface area (TPSA) is 65.9 Å². The fourth-order valence-corrected chi connectivity index (χ4v) is 2.59. The highest BCUT2D eigenvalue weighted by Gasteiger charge is 2.34. The summed E-state index contributed by atoms with van der Waals surface area (Å²) in [7, 11) is 0. The largest absolute Gasteiger partial charge is 0.433 e. The van der Waals surface area contributed by atoms with Gasteiger partial charge in [0.2, 0.25) is 0 Å². The quantitative estimate of drug-likeness (QED) is 0.930. The number of rotatable bonds is 3. The first-order chi connectivity index (χ1) is 10.3. The average Bonchev–Trinajstić information content (AvgIpc) is 2.47. The van der Waals surface area contributed by atoms with Gasteiger partial charge in [0.05, 0.1) is 12.5 Å². The molecule has 2 heterocycles. The van der Waals surface area contributed by atoms with Gasteiger partial charge < -0.3 is 10.6 Å². The second-order valence-corrected chi connectivity index (χ2v) is 5.75. The Hall–Kier alpha value is -1.81. The van der Waals surface area contributed by atoms with Crippen molar-refractivity contribution in [1.82, 2.24) is 4.98 Å². The molecule has 1 aliphatic heterocycles. The number of nitriles is 1. The number of aromatic nitrogens is 1. The maximum absolute atomic E-state index is 12.9. The highest BCUT2D eigenvalue weighted by molar-refractivity contribution is 5.50. The van der Waals surface area contributed by atoms with Crippen molar-refractivity contribution in [1.29, 1.82) is 5.26 Å². The summed E-state index contributed by atoms with van der Waals surface area (Å²) in [6.45, 7) is 3.43. The van der Waals surface area contributed by atoms with Crippen molar-refractivity contribution >= 4 is 5.82 Å². The van der Waals surface area contributed by atoms with Gasteiger partial charge in [-0.25, -0.2) is 4.98 Å². The number of alkyl halides is 3. The lowest BCUT2D eigenvalue weighted by Crippen LogP contribution is -2.35. The molecular formula is C15H19F3N4. The average molecular weight is 312 g/mol. The fourth-order valence-electron chi connectivity index (χ4n) is 2.59. The summed E-state index contributed by atoms with van der Waals surface area (Å²) in [5.74, 6) is 0.822. The zero-order valence-corrected chi connectivity index (χ0v) is 12.4. The highest BCUT2D eigenvalue weighted by Crippen LogP contribution is 2.34. The van der Waals surface area contributed by atoms with Crippen LogP contribution in [0.15, 0.2) is 12.1 Å². The van der Waals surface area contributed by atoms with Gasteiger partial charge in [-0.3, -0.25) is 0 Å². The van der Waals surface area contributed by atoms with Crippen molar-refractivity contribution in [3.63, 3.8) is 0 Å². The molecule has 2 N–H and O–H groups in total. The zero-order chi connectivity index (χ0) is 16.3. The van der Waals surface area contributed by atoms with Crippen LogP contribution in [-0.2, 0) is 6.18 Å². The Bertz CT molecular complexity index is 557. The molecule has 120 valence electrons. The number of halogens is 3. The Morgan fingerprint density at radius 2 is 2.05 bits per heavy atom. The van der Waals surface area contributed by atoms with Crippen LogP contribution < -0.4 is 10.6 Å². The number of nitrogens with two attached hydrogens (primary N) is 1. The molecule has 1 saturated heterocycles. The third-order valence-corrected chi connectivity index (χ3v) is 3.99. The van der Waals surface area contributed by atoms with Crippen LogP contribution in [0.25, 0.3) is 0 Å². The van der Waals surface area contributed by atoms with E-state index in [1.54, 1.807) is 0 Å². The zero-order valence-electron chi connectivity index (χ0n) is 12.4. The minimum absolute atomic E-state index is 0.0459. The lowest BCUT2D eigenvalue weighted by molar-refractivity contribution is -0.141. The van der Waals surface area contributed by atoms with Gasteiger partial charge >= 0.3 is 6.18 Å². The molecule has 7 heteroatoms. The van der Waals surface area contributed by atoms with Gasteiger partial charge in [0.25, 0.3) is 0 Å². The number of piperidine rings is 1. The molecular weight excluding hydrogens is 293 g/mol. The molecule has 0 aliphatic carbocycles. The molecule has 1 aromatic rings. The fraction of sp³-hybridized carbons (Fsp3) is 0.600. The lowest BCUT2D eigenvalue weighted by atomic mass is 9.98. The maximum Gasteiger partial charge on any atom is 0.433 e. The molecule has 0 spiro atoms. The normalized spacial score (nSPS) is 18.1. The number of hydrogen-bond acceptors (Lipinski definition) is 4. The van der Waals surface area contributed by atoms with Crippen LogP contribution in [0.2, 0.25) is 0 Å². The number of hydrogen-bond donors (Lipinski definition) is 1. The van der Waals surface area contributed by atoms with E-state index in [0.717, 1.165) is 18.9 Å². The molecule has 0 bridgehead atoms. The Balaban J connectivity index is 2.39. The number of anilines is 1. The predicted octanol–water partition coefficient (Wildman–Crippen LogP) is 3.25. The molecule has 1 unspecified atom stereocenters. The van der Waals surface area contributed by atoms with E-state index in [1.807, 2.05) is 11.0 Å². The van der Waals surface area contributed by atoms with E-state index in [-0.39, 0.29) is 12.2 Å². The smallest absolute Gasteiger partial charge is 0.356 e. The molecule has 2 rings (SSSR count). The molecule has 1 fully saturated rings. The minimum atomic E-state index is -4.49. The molecule has 0 saturated carbocycles. The molecule has 0 radical (unpaired) electrons. The molecule has 1 atom stereocenters. The van der Waals surface area contributed by atoms with E-state index in [2.05, 4.69) is 11.9 Å². The lowest BCUT2D eigenvalue weighted by Gasteiger charge is -2.33. The Morgan fingerprint density at radius 1 is 1.41 bits per heavy atom. The first kappa shape index (κ1) is 16.6. The SMILES string of the molecule is CC1CCN(c2nc(C(F)(F)F)ccc2C(N)CC#N)CC1. The summed E-state index contributed by atoms with van der Waals surface area (Å²) in [4.78, 5) is 5.66. The van der Waals surface area contributed by atoms with E-state index in [9.17, 15) is 13.2 Å². The van der Waals surface area contributed by atoms with Gasteiger partial charge in [0.1, 0.15) is 11.5 Å². The Labute approximate surface area is 127 Å². The Morgan fingerprint density at radius 3 is 2.59 bits per heavy atom. The summed E-state index contributed by atoms with van der Waals surface area (Å²) < 4.78 is 38.7. The van der Waals surface area contributed by atoms with Gasteiger partial charge in [0, 0.05) is 24.7 Å². The second-order valence-electron chi connectivity index (χ2n) is 5.75. The summed E-state index contributed by atoms with van der Waals surface area (Å²) in [6.07, 6.45) is -2.63. The third kappa shape index (κ3) is 3.69. The van der Waals surface area contributed by atoms with E-state index in [4.69, 9.17) is 11.0 Å². The van der Waals surface area contributed by atoms with Crippen molar-refractivity contribution in [2.45, 2.75) is 38.4 Å². The molecule has 4 nitrogen and oxygen atoms in total. The summed E-state index contributed by atoms with van der Waals surface area (Å²) >= 11 is 0. The summed E-state index contributed by atoms with van der Waals surface area (Å²) in [5, 5.41) is 8.77. The van der Waals surface area contributed by atoms with Crippen LogP contribution >= 0.6 is 0 Å². The first-order valence-electron chi connectivity index (χ1n) is 7.28. The van der Waals surface area contributed by atoms with E-state index < -0.39 is 17.9 Å². The molecule has 0 aromatic carbocycles. The van der Waals surface area contributed by atoms with Crippen molar-refractivity contribution in [2.75, 3.05) is 18.0 Å². The van der Waals surface area contributed by atoms with Crippen molar-refractivity contribution < 1.29 is 13.2 Å². The van der Waals surface area contributed by atoms with Gasteiger partial charge in [-0.15, -0.1) is 0 Å². The van der Waals surface area contributed by atoms with Crippen LogP contribution in [-0.4, -0.2) is 18.1 Å². The molecule has 1 aliphatic rings. The number of pyridine rings is 1. The van der Waals surface area contributed by atoms with Crippen LogP contribution in [0.1, 0.15) is 43.5 Å². The van der Waals surface area contributed by atoms with E-state index >= 15 is 0 Å². The van der Waals surface area contributed by atoms with Crippen molar-refractivity contribution in [3.05, 3.63) is 23.4 Å². The van der Waals surface area contributed by atoms with Gasteiger partial charge in [-0.05, 0) is 24.8 Å². The van der Waals surface area contributed by atoms with E-state index in [1.165, 1.54) is 6.07 Å². The van der Waals surface area contributed by atoms with Crippen LogP contribution in [0.4, 0.5) is 19.0 Å². The van der Waals surface area contributed by atoms with Crippen molar-refractivity contribution in [2.24, 2.45) is 11.7 Å². The third-order valence-electron chi connectivity index (χ3n) is 3.99. The minimum Gasteiger partial charge on any atom is -0.356 e. The van der Waals surface area contributed by atoms with E-state index in [0.29, 0.717) is 24.6 Å². The predicted molar refractivity (Wildman–Crippen MR) is 77.0 cm³/mol. The maximum atomic E-state index is 12.9. The molecule has 1 aromatic heterocycles. The Kier molecular flexibility index (Phi) is 4.91. The summed E-state index contributed by atoms with van der Waals surface area (Å²) in [6, 6.07) is 3.61. The van der Waals surface area contributed by atoms with Gasteiger partial charge in [0.15, 0.2) is 0 Å². The molecule has 22 heavy (non-hydrogen) atoms. The van der Waals surface area contributed by atoms with Gasteiger partial charge in [-0.1, -0.05) is 13.0 Å². The van der Waals surface area contributed by atoms with Crippen LogP contribution in [0.3, 0.4) is 0 Å². The first-order valence-corrected chi connectivity index (χ1v) is 7.28. The highest BCUT2D eigenvalue weighted by atomic mass is 19.4. The van der Waals surface area contributed by atoms with Crippen molar-refractivity contribution in [3.8, 4) is 6.07 Å². The second kappa shape index (κ2) is 6.53. The van der Waals surface area contributed by atoms with Crippen LogP contribution in [0, 0.1) is 17.2 Å². The van der Waals surface area contributed by atoms with Gasteiger partial charge in [-0.2, -0.15) is 18.4 Å². The number of nitrogens with zero attached hydrogens (tertiary/aromatic N) is 3. The van der Waals surface area contributed by atoms with Crippen LogP contribution in [0.5, 0.6) is 0 Å². The standard InChI is InChI=1S/C15H19F3N4/c1-10-5-8-22(9-6-10)14-11(12(20)4-7-19)2-3-13(21-14)15(16,17)18/h2-3,10,12H,4-6,8-9,20H2,1H3. The summed E-state index contributed by atoms with van der Waals surface area (Å²) in [5.41, 5.74) is 5.51. The molecule has 0 amide bonds.